The van der Waals surface area contributed by atoms with Crippen molar-refractivity contribution in [2.75, 3.05) is 6.54 Å². The van der Waals surface area contributed by atoms with Gasteiger partial charge in [0.15, 0.2) is 0 Å². The Balaban J connectivity index is 0.00000145. The molecule has 2 heterocycles. The number of rotatable bonds is 2. The molecule has 0 saturated heterocycles. The Morgan fingerprint density at radius 3 is 2.37 bits per heavy atom. The van der Waals surface area contributed by atoms with Crippen molar-refractivity contribution >= 4 is 11.7 Å². The molecule has 2 atom stereocenters. The number of H-pyrrole nitrogens is 1. The smallest absolute Gasteiger partial charge is 0.332 e. The Morgan fingerprint density at radius 1 is 1.23 bits per heavy atom. The second kappa shape index (κ2) is 12.9. The predicted molar refractivity (Wildman–Crippen MR) is 136 cm³/mol. The number of nitrogens with zero attached hydrogens (tertiary/aromatic N) is 3. The lowest BCUT2D eigenvalue weighted by molar-refractivity contribution is -0.0989. The van der Waals surface area contributed by atoms with Gasteiger partial charge in [0.25, 0.3) is 5.56 Å². The van der Waals surface area contributed by atoms with E-state index < -0.39 is 28.9 Å². The van der Waals surface area contributed by atoms with Crippen LogP contribution in [0.1, 0.15) is 72.8 Å². The van der Waals surface area contributed by atoms with E-state index >= 15 is 0 Å². The van der Waals surface area contributed by atoms with Gasteiger partial charge >= 0.3 is 11.9 Å². The number of allylic oxidation sites excluding steroid dienone is 3. The Hall–Kier alpha value is -2.62. The van der Waals surface area contributed by atoms with Crippen LogP contribution < -0.4 is 17.0 Å². The number of aromatic nitrogens is 2. The number of aliphatic imine (C=N–C) groups is 1. The van der Waals surface area contributed by atoms with Crippen LogP contribution in [0.5, 0.6) is 0 Å². The first kappa shape index (κ1) is 30.4. The second-order valence-electron chi connectivity index (χ2n) is 8.15. The molecule has 2 aliphatic rings. The van der Waals surface area contributed by atoms with E-state index in [1.54, 1.807) is 25.7 Å². The largest absolute Gasteiger partial charge is 0.413 e. The highest BCUT2D eigenvalue weighted by molar-refractivity contribution is 5.84. The normalized spacial score (nSPS) is 20.6. The zero-order chi connectivity index (χ0) is 27.1. The van der Waals surface area contributed by atoms with E-state index in [2.05, 4.69) is 9.98 Å². The molecule has 1 aromatic heterocycles. The maximum Gasteiger partial charge on any atom is 0.413 e. The summed E-state index contributed by atoms with van der Waals surface area (Å²) in [6, 6.07) is -0.244. The van der Waals surface area contributed by atoms with Gasteiger partial charge in [-0.05, 0) is 45.1 Å². The minimum Gasteiger partial charge on any atom is -0.332 e. The molecule has 3 rings (SSSR count). The SMILES string of the molecule is CC.CC.CCC1C(C(F)(F)F)=CCC2=C1N(/C(C)=N/c1c(C)c(=O)[nH]c(=O)n1C)CC(N)CC2. The summed E-state index contributed by atoms with van der Waals surface area (Å²) in [5, 5.41) is 0. The van der Waals surface area contributed by atoms with Gasteiger partial charge in [0.2, 0.25) is 0 Å². The summed E-state index contributed by atoms with van der Waals surface area (Å²) in [7, 11) is 1.48. The molecule has 7 nitrogen and oxygen atoms in total. The van der Waals surface area contributed by atoms with Gasteiger partial charge in [0, 0.05) is 36.8 Å². The molecule has 1 aliphatic heterocycles. The summed E-state index contributed by atoms with van der Waals surface area (Å²) in [6.07, 6.45) is -1.33. The minimum absolute atomic E-state index is 0.168. The molecule has 10 heteroatoms. The number of hydrogen-bond donors (Lipinski definition) is 2. The predicted octanol–water partition coefficient (Wildman–Crippen LogP) is 5.08. The third-order valence-corrected chi connectivity index (χ3v) is 6.07. The van der Waals surface area contributed by atoms with E-state index in [4.69, 9.17) is 5.73 Å². The molecule has 1 aliphatic carbocycles. The molecule has 0 radical (unpaired) electrons. The molecule has 0 aromatic carbocycles. The van der Waals surface area contributed by atoms with Crippen molar-refractivity contribution in [2.24, 2.45) is 23.7 Å². The molecular weight excluding hydrogens is 459 g/mol. The standard InChI is InChI=1S/C21H28F3N5O2.2C2H6/c1-5-15-16(21(22,23)24)9-7-13-6-8-14(25)10-29(17(13)15)12(3)26-18-11(2)19(30)27-20(31)28(18)4;2*1-2/h9,14-15H,5-8,10,25H2,1-4H3,(H,27,30,31);2*1-2H3/b26-12+;;. The Labute approximate surface area is 205 Å². The number of halogens is 3. The van der Waals surface area contributed by atoms with Crippen LogP contribution in [-0.4, -0.2) is 39.0 Å². The lowest BCUT2D eigenvalue weighted by Crippen LogP contribution is -2.42. The molecule has 0 fully saturated rings. The van der Waals surface area contributed by atoms with E-state index in [9.17, 15) is 22.8 Å². The van der Waals surface area contributed by atoms with E-state index in [1.165, 1.54) is 17.7 Å². The third kappa shape index (κ3) is 6.74. The van der Waals surface area contributed by atoms with Crippen LogP contribution in [0.2, 0.25) is 0 Å². The van der Waals surface area contributed by atoms with Crippen molar-refractivity contribution in [3.05, 3.63) is 49.3 Å². The molecule has 198 valence electrons. The van der Waals surface area contributed by atoms with Crippen LogP contribution in [0.4, 0.5) is 19.0 Å². The molecule has 2 unspecified atom stereocenters. The highest BCUT2D eigenvalue weighted by Crippen LogP contribution is 2.45. The van der Waals surface area contributed by atoms with Crippen molar-refractivity contribution < 1.29 is 13.2 Å². The third-order valence-electron chi connectivity index (χ3n) is 6.07. The fourth-order valence-electron chi connectivity index (χ4n) is 4.40. The monoisotopic (exact) mass is 499 g/mol. The summed E-state index contributed by atoms with van der Waals surface area (Å²) < 4.78 is 42.4. The highest BCUT2D eigenvalue weighted by Gasteiger charge is 2.43. The molecule has 0 spiro atoms. The van der Waals surface area contributed by atoms with Gasteiger partial charge in [-0.1, -0.05) is 40.7 Å². The fraction of sp³-hybridized carbons (Fsp3) is 0.640. The molecule has 1 aromatic rings. The first-order valence-corrected chi connectivity index (χ1v) is 12.3. The van der Waals surface area contributed by atoms with Gasteiger partial charge in [0.05, 0.1) is 5.56 Å². The summed E-state index contributed by atoms with van der Waals surface area (Å²) in [5.74, 6) is -0.250. The quantitative estimate of drug-likeness (QED) is 0.337. The van der Waals surface area contributed by atoms with Crippen LogP contribution in [0.25, 0.3) is 0 Å². The van der Waals surface area contributed by atoms with Crippen molar-refractivity contribution in [1.82, 2.24) is 14.5 Å². The summed E-state index contributed by atoms with van der Waals surface area (Å²) in [5.41, 5.74) is 6.33. The van der Waals surface area contributed by atoms with Crippen molar-refractivity contribution in [3.8, 4) is 0 Å². The number of nitrogens with two attached hydrogens (primary N) is 1. The van der Waals surface area contributed by atoms with Gasteiger partial charge in [-0.25, -0.2) is 9.79 Å². The van der Waals surface area contributed by atoms with Crippen molar-refractivity contribution in [3.63, 3.8) is 0 Å². The van der Waals surface area contributed by atoms with Gasteiger partial charge in [0.1, 0.15) is 11.7 Å². The summed E-state index contributed by atoms with van der Waals surface area (Å²) in [6.45, 7) is 13.3. The maximum atomic E-state index is 13.7. The number of nitrogens with one attached hydrogen (secondary N) is 1. The number of hydrogen-bond acceptors (Lipinski definition) is 4. The zero-order valence-corrected chi connectivity index (χ0v) is 22.1. The molecule has 3 N–H and O–H groups in total. The molecule has 0 bridgehead atoms. The van der Waals surface area contributed by atoms with E-state index in [1.807, 2.05) is 27.7 Å². The molecular formula is C25H40F3N5O2. The Bertz CT molecular complexity index is 1050. The number of alkyl halides is 3. The van der Waals surface area contributed by atoms with E-state index in [-0.39, 0.29) is 30.3 Å². The summed E-state index contributed by atoms with van der Waals surface area (Å²) in [4.78, 5) is 32.5. The molecule has 35 heavy (non-hydrogen) atoms. The van der Waals surface area contributed by atoms with Gasteiger partial charge < -0.3 is 10.6 Å². The highest BCUT2D eigenvalue weighted by atomic mass is 19.4. The molecule has 0 amide bonds. The Morgan fingerprint density at radius 2 is 1.83 bits per heavy atom. The van der Waals surface area contributed by atoms with Gasteiger partial charge in [-0.3, -0.25) is 14.3 Å². The average molecular weight is 500 g/mol. The number of aromatic amines is 1. The van der Waals surface area contributed by atoms with Crippen LogP contribution in [0, 0.1) is 12.8 Å². The van der Waals surface area contributed by atoms with Crippen LogP contribution in [0.15, 0.2) is 37.5 Å². The number of amidine groups is 1. The van der Waals surface area contributed by atoms with Crippen molar-refractivity contribution in [2.45, 2.75) is 86.4 Å². The van der Waals surface area contributed by atoms with Crippen LogP contribution in [0.3, 0.4) is 0 Å². The maximum absolute atomic E-state index is 13.7. The lowest BCUT2D eigenvalue weighted by atomic mass is 9.82. The fourth-order valence-corrected chi connectivity index (χ4v) is 4.40. The van der Waals surface area contributed by atoms with Crippen LogP contribution >= 0.6 is 0 Å². The van der Waals surface area contributed by atoms with E-state index in [0.29, 0.717) is 30.9 Å². The van der Waals surface area contributed by atoms with Crippen molar-refractivity contribution in [1.29, 1.82) is 0 Å². The zero-order valence-electron chi connectivity index (χ0n) is 22.1. The first-order chi connectivity index (χ1) is 16.5. The van der Waals surface area contributed by atoms with Crippen LogP contribution in [-0.2, 0) is 7.05 Å². The molecule has 0 saturated carbocycles. The van der Waals surface area contributed by atoms with Gasteiger partial charge in [-0.15, -0.1) is 0 Å². The minimum atomic E-state index is -4.42. The van der Waals surface area contributed by atoms with E-state index in [0.717, 1.165) is 5.57 Å². The average Bonchev–Trinajstić information content (AvgIpc) is 3.00. The Kier molecular flexibility index (Phi) is 11.2. The summed E-state index contributed by atoms with van der Waals surface area (Å²) >= 11 is 0. The van der Waals surface area contributed by atoms with Gasteiger partial charge in [-0.2, -0.15) is 13.2 Å². The second-order valence-corrected chi connectivity index (χ2v) is 8.15. The topological polar surface area (TPSA) is 96.5 Å². The first-order valence-electron chi connectivity index (χ1n) is 12.3. The lowest BCUT2D eigenvalue weighted by Gasteiger charge is -2.37.